The second-order valence-electron chi connectivity index (χ2n) is 1.28. The van der Waals surface area contributed by atoms with Crippen LogP contribution in [0.25, 0.3) is 0 Å². The first kappa shape index (κ1) is 8.40. The summed E-state index contributed by atoms with van der Waals surface area (Å²) in [5.41, 5.74) is 0. The van der Waals surface area contributed by atoms with Gasteiger partial charge in [-0.25, -0.2) is 0 Å². The zero-order valence-electron chi connectivity index (χ0n) is 4.59. The Morgan fingerprint density at radius 3 is 1.86 bits per heavy atom. The minimum atomic E-state index is 0. The Kier molecular flexibility index (Phi) is 6.65. The normalized spacial score (nSPS) is 14.9. The molecule has 1 rings (SSSR count). The van der Waals surface area contributed by atoms with E-state index in [1.54, 1.807) is 0 Å². The first-order chi connectivity index (χ1) is 3.00. The topological polar surface area (TPSA) is 0 Å². The summed E-state index contributed by atoms with van der Waals surface area (Å²) < 4.78 is 0. The van der Waals surface area contributed by atoms with Gasteiger partial charge in [0, 0.05) is 0 Å². The second-order valence-corrected chi connectivity index (χ2v) is 1.28. The number of hydrogen-bond donors (Lipinski definition) is 0. The molecule has 7 heavy (non-hydrogen) atoms. The molecule has 0 spiro atoms. The quantitative estimate of drug-likeness (QED) is 0.438. The standard InChI is InChI=1S/C6H7.Cs/c1-2-4-6-5-3-1;/h1-5H,6H2;/q-1;+1. The van der Waals surface area contributed by atoms with E-state index in [0.717, 1.165) is 6.42 Å². The monoisotopic (exact) mass is 212 g/mol. The Balaban J connectivity index is 0.000000360. The summed E-state index contributed by atoms with van der Waals surface area (Å²) in [5.74, 6) is 0. The van der Waals surface area contributed by atoms with Crippen molar-refractivity contribution in [2.75, 3.05) is 0 Å². The predicted molar refractivity (Wildman–Crippen MR) is 27.2 cm³/mol. The molecular formula is C6H7Cs. The third-order valence-electron chi connectivity index (χ3n) is 0.767. The van der Waals surface area contributed by atoms with Crippen LogP contribution in [-0.4, -0.2) is 0 Å². The maximum Gasteiger partial charge on any atom is 1.00 e. The van der Waals surface area contributed by atoms with E-state index in [1.165, 1.54) is 0 Å². The van der Waals surface area contributed by atoms with Gasteiger partial charge in [-0.3, -0.25) is 0 Å². The molecule has 0 aromatic carbocycles. The van der Waals surface area contributed by atoms with Gasteiger partial charge >= 0.3 is 68.9 Å². The van der Waals surface area contributed by atoms with Crippen molar-refractivity contribution in [2.45, 2.75) is 6.42 Å². The molecule has 0 heterocycles. The Morgan fingerprint density at radius 2 is 1.71 bits per heavy atom. The molecule has 0 fully saturated rings. The summed E-state index contributed by atoms with van der Waals surface area (Å²) in [7, 11) is 0. The van der Waals surface area contributed by atoms with Crippen molar-refractivity contribution in [1.82, 2.24) is 0 Å². The molecule has 0 unspecified atom stereocenters. The molecule has 0 N–H and O–H groups in total. The summed E-state index contributed by atoms with van der Waals surface area (Å²) in [6.07, 6.45) is 11.5. The molecule has 0 saturated carbocycles. The second kappa shape index (κ2) is 5.54. The molecule has 0 aliphatic heterocycles. The van der Waals surface area contributed by atoms with Crippen LogP contribution in [0.5, 0.6) is 0 Å². The van der Waals surface area contributed by atoms with Crippen molar-refractivity contribution in [3.05, 3.63) is 30.7 Å². The Bertz CT molecular complexity index is 62.2. The van der Waals surface area contributed by atoms with Crippen LogP contribution < -0.4 is 68.9 Å². The summed E-state index contributed by atoms with van der Waals surface area (Å²) >= 11 is 0. The third-order valence-corrected chi connectivity index (χ3v) is 0.767. The number of hydrogen-bond acceptors (Lipinski definition) is 0. The molecule has 1 heteroatoms. The van der Waals surface area contributed by atoms with Crippen LogP contribution in [-0.2, 0) is 0 Å². The van der Waals surface area contributed by atoms with E-state index in [0.29, 0.717) is 0 Å². The average Bonchev–Trinajstić information content (AvgIpc) is 1.72. The van der Waals surface area contributed by atoms with E-state index in [4.69, 9.17) is 0 Å². The fourth-order valence-electron chi connectivity index (χ4n) is 0.457. The fourth-order valence-corrected chi connectivity index (χ4v) is 0.457. The van der Waals surface area contributed by atoms with Gasteiger partial charge in [-0.05, 0) is 0 Å². The molecule has 0 atom stereocenters. The van der Waals surface area contributed by atoms with Gasteiger partial charge in [0.05, 0.1) is 0 Å². The van der Waals surface area contributed by atoms with Gasteiger partial charge < -0.3 is 0 Å². The van der Waals surface area contributed by atoms with Crippen LogP contribution in [0.4, 0.5) is 0 Å². The van der Waals surface area contributed by atoms with Crippen molar-refractivity contribution in [3.8, 4) is 0 Å². The van der Waals surface area contributed by atoms with Crippen molar-refractivity contribution < 1.29 is 68.9 Å². The first-order valence-corrected chi connectivity index (χ1v) is 2.15. The summed E-state index contributed by atoms with van der Waals surface area (Å²) in [6, 6.07) is 0. The summed E-state index contributed by atoms with van der Waals surface area (Å²) in [6.45, 7) is 0. The first-order valence-electron chi connectivity index (χ1n) is 2.15. The molecule has 1 aliphatic carbocycles. The van der Waals surface area contributed by atoms with Gasteiger partial charge in [-0.15, -0.1) is 6.42 Å². The maximum absolute atomic E-state index is 2.12. The van der Waals surface area contributed by atoms with Crippen molar-refractivity contribution >= 4 is 0 Å². The fraction of sp³-hybridized carbons (Fsp3) is 0.167. The van der Waals surface area contributed by atoms with Crippen LogP contribution in [0.1, 0.15) is 6.42 Å². The van der Waals surface area contributed by atoms with Crippen molar-refractivity contribution in [3.63, 3.8) is 0 Å². The van der Waals surface area contributed by atoms with Gasteiger partial charge in [0.15, 0.2) is 0 Å². The molecule has 0 radical (unpaired) electrons. The smallest absolute Gasteiger partial charge is 0.187 e. The molecule has 0 nitrogen and oxygen atoms in total. The van der Waals surface area contributed by atoms with E-state index >= 15 is 0 Å². The maximum atomic E-state index is 2.12. The van der Waals surface area contributed by atoms with Gasteiger partial charge in [-0.2, -0.15) is 30.7 Å². The zero-order valence-corrected chi connectivity index (χ0v) is 10.9. The zero-order chi connectivity index (χ0) is 4.24. The van der Waals surface area contributed by atoms with E-state index in [9.17, 15) is 0 Å². The molecule has 32 valence electrons. The van der Waals surface area contributed by atoms with Crippen LogP contribution >= 0.6 is 0 Å². The van der Waals surface area contributed by atoms with Gasteiger partial charge in [0.1, 0.15) is 0 Å². The molecule has 0 aromatic heterocycles. The molecule has 0 aromatic rings. The minimum absolute atomic E-state index is 0. The predicted octanol–water partition coefficient (Wildman–Crippen LogP) is -1.29. The van der Waals surface area contributed by atoms with Gasteiger partial charge in [-0.1, -0.05) is 0 Å². The van der Waals surface area contributed by atoms with Crippen LogP contribution in [0.15, 0.2) is 24.3 Å². The Labute approximate surface area is 103 Å². The molecule has 0 saturated heterocycles. The van der Waals surface area contributed by atoms with E-state index in [2.05, 4.69) is 24.3 Å². The van der Waals surface area contributed by atoms with Gasteiger partial charge in [0.25, 0.3) is 0 Å². The number of allylic oxidation sites excluding steroid dienone is 4. The van der Waals surface area contributed by atoms with E-state index < -0.39 is 0 Å². The third kappa shape index (κ3) is 3.94. The van der Waals surface area contributed by atoms with E-state index in [-0.39, 0.29) is 68.9 Å². The number of rotatable bonds is 0. The van der Waals surface area contributed by atoms with Crippen LogP contribution in [0.2, 0.25) is 0 Å². The van der Waals surface area contributed by atoms with Crippen molar-refractivity contribution in [2.24, 2.45) is 0 Å². The largest absolute Gasteiger partial charge is 1.00 e. The van der Waals surface area contributed by atoms with Crippen molar-refractivity contribution in [1.29, 1.82) is 0 Å². The van der Waals surface area contributed by atoms with Crippen LogP contribution in [0, 0.1) is 6.42 Å². The SMILES string of the molecule is C1=CCC=C[CH-]1.[Cs+]. The van der Waals surface area contributed by atoms with E-state index in [1.807, 2.05) is 6.42 Å². The average molecular weight is 212 g/mol. The summed E-state index contributed by atoms with van der Waals surface area (Å²) in [4.78, 5) is 0. The molecular weight excluding hydrogens is 205 g/mol. The molecule has 0 amide bonds. The molecule has 0 bridgehead atoms. The minimum Gasteiger partial charge on any atom is -0.187 e. The Hall–Kier alpha value is 1.40. The Morgan fingerprint density at radius 1 is 1.14 bits per heavy atom. The summed E-state index contributed by atoms with van der Waals surface area (Å²) in [5, 5.41) is 0. The van der Waals surface area contributed by atoms with Gasteiger partial charge in [0.2, 0.25) is 0 Å². The van der Waals surface area contributed by atoms with Crippen LogP contribution in [0.3, 0.4) is 0 Å². The molecule has 1 aliphatic rings.